The zero-order valence-corrected chi connectivity index (χ0v) is 33.3. The van der Waals surface area contributed by atoms with Crippen LogP contribution in [0.3, 0.4) is 0 Å². The zero-order valence-electron chi connectivity index (χ0n) is 32.4. The van der Waals surface area contributed by atoms with Gasteiger partial charge in [-0.1, -0.05) is 166 Å². The van der Waals surface area contributed by atoms with E-state index in [9.17, 15) is 19.4 Å². The first-order valence-corrected chi connectivity index (χ1v) is 22.1. The first kappa shape index (κ1) is 48.7. The molecule has 1 amide bonds. The van der Waals surface area contributed by atoms with Crippen molar-refractivity contribution < 1.29 is 28.4 Å². The van der Waals surface area contributed by atoms with Gasteiger partial charge in [0.2, 0.25) is 5.91 Å². The number of unbranched alkanes of at least 4 members (excludes halogenated alkanes) is 22. The van der Waals surface area contributed by atoms with E-state index in [1.807, 2.05) is 6.08 Å². The second-order valence-electron chi connectivity index (χ2n) is 13.8. The standard InChI is InChI=1S/C41H79N2O6P/c1-3-5-7-9-11-13-14-15-16-17-18-19-20-21-22-23-24-25-26-27-29-31-33-35-41(45)43-39(38-49-50(46,47)48-37-36-42)40(44)34-32-30-28-12-10-8-6-4-2/h10,12,17-18,32,34,39-40,44H,3-9,11,13-16,19-31,33,35-38,42H2,1-2H3,(H,43,45)(H,46,47)/b12-10+,18-17-,34-32+. The number of phosphoric ester groups is 1. The van der Waals surface area contributed by atoms with Gasteiger partial charge in [0.1, 0.15) is 0 Å². The molecule has 0 aromatic heterocycles. The lowest BCUT2D eigenvalue weighted by Gasteiger charge is -2.23. The average Bonchev–Trinajstić information content (AvgIpc) is 3.10. The molecule has 8 nitrogen and oxygen atoms in total. The Labute approximate surface area is 308 Å². The molecule has 294 valence electrons. The molecule has 3 atom stereocenters. The van der Waals surface area contributed by atoms with Crippen molar-refractivity contribution in [3.8, 4) is 0 Å². The molecule has 0 fully saturated rings. The second kappa shape index (κ2) is 37.5. The summed E-state index contributed by atoms with van der Waals surface area (Å²) in [4.78, 5) is 22.6. The number of hydrogen-bond acceptors (Lipinski definition) is 6. The van der Waals surface area contributed by atoms with E-state index in [1.165, 1.54) is 128 Å². The minimum Gasteiger partial charge on any atom is -0.387 e. The lowest BCUT2D eigenvalue weighted by molar-refractivity contribution is -0.123. The average molecular weight is 727 g/mol. The van der Waals surface area contributed by atoms with Crippen molar-refractivity contribution in [2.45, 2.75) is 199 Å². The van der Waals surface area contributed by atoms with Gasteiger partial charge in [0.05, 0.1) is 25.4 Å². The van der Waals surface area contributed by atoms with Crippen molar-refractivity contribution in [1.29, 1.82) is 0 Å². The second-order valence-corrected chi connectivity index (χ2v) is 15.3. The molecular formula is C41H79N2O6P. The monoisotopic (exact) mass is 727 g/mol. The highest BCUT2D eigenvalue weighted by atomic mass is 31.2. The molecular weight excluding hydrogens is 647 g/mol. The fourth-order valence-corrected chi connectivity index (χ4v) is 6.53. The normalized spacial score (nSPS) is 14.6. The van der Waals surface area contributed by atoms with Gasteiger partial charge >= 0.3 is 7.82 Å². The summed E-state index contributed by atoms with van der Waals surface area (Å²) in [6.07, 6.45) is 43.6. The Bertz CT molecular complexity index is 881. The van der Waals surface area contributed by atoms with Gasteiger partial charge in [-0.15, -0.1) is 0 Å². The molecule has 0 saturated carbocycles. The summed E-state index contributed by atoms with van der Waals surface area (Å²) >= 11 is 0. The predicted octanol–water partition coefficient (Wildman–Crippen LogP) is 11.2. The Morgan fingerprint density at radius 1 is 0.640 bits per heavy atom. The maximum atomic E-state index is 12.7. The van der Waals surface area contributed by atoms with E-state index in [-0.39, 0.29) is 25.7 Å². The Morgan fingerprint density at radius 2 is 1.08 bits per heavy atom. The number of carbonyl (C=O) groups excluding carboxylic acids is 1. The molecule has 0 aromatic rings. The van der Waals surface area contributed by atoms with Gasteiger partial charge < -0.3 is 21.1 Å². The number of aliphatic hydroxyl groups is 1. The lowest BCUT2D eigenvalue weighted by atomic mass is 10.0. The van der Waals surface area contributed by atoms with Gasteiger partial charge in [-0.25, -0.2) is 4.57 Å². The van der Waals surface area contributed by atoms with Crippen LogP contribution in [0.15, 0.2) is 36.5 Å². The van der Waals surface area contributed by atoms with Crippen LogP contribution in [0, 0.1) is 0 Å². The Hall–Kier alpha value is -1.28. The molecule has 9 heteroatoms. The van der Waals surface area contributed by atoms with Crippen molar-refractivity contribution in [2.24, 2.45) is 5.73 Å². The molecule has 0 aliphatic rings. The van der Waals surface area contributed by atoms with Crippen molar-refractivity contribution in [3.05, 3.63) is 36.5 Å². The highest BCUT2D eigenvalue weighted by Gasteiger charge is 2.26. The van der Waals surface area contributed by atoms with E-state index < -0.39 is 20.0 Å². The van der Waals surface area contributed by atoms with Crippen molar-refractivity contribution in [2.75, 3.05) is 19.8 Å². The molecule has 0 heterocycles. The number of rotatable bonds is 38. The van der Waals surface area contributed by atoms with Crippen LogP contribution >= 0.6 is 7.82 Å². The smallest absolute Gasteiger partial charge is 0.387 e. The molecule has 3 unspecified atom stereocenters. The van der Waals surface area contributed by atoms with Gasteiger partial charge in [-0.2, -0.15) is 0 Å². The summed E-state index contributed by atoms with van der Waals surface area (Å²) in [5, 5.41) is 13.5. The van der Waals surface area contributed by atoms with Crippen LogP contribution in [0.4, 0.5) is 0 Å². The van der Waals surface area contributed by atoms with Crippen molar-refractivity contribution in [3.63, 3.8) is 0 Å². The number of aliphatic hydroxyl groups excluding tert-OH is 1. The molecule has 0 rings (SSSR count). The van der Waals surface area contributed by atoms with Crippen molar-refractivity contribution >= 4 is 13.7 Å². The molecule has 0 radical (unpaired) electrons. The summed E-state index contributed by atoms with van der Waals surface area (Å²) in [6.45, 7) is 4.03. The van der Waals surface area contributed by atoms with Crippen LogP contribution in [0.25, 0.3) is 0 Å². The molecule has 0 aliphatic carbocycles. The third-order valence-corrected chi connectivity index (χ3v) is 9.92. The van der Waals surface area contributed by atoms with Crippen LogP contribution in [0.5, 0.6) is 0 Å². The van der Waals surface area contributed by atoms with E-state index in [0.717, 1.165) is 38.5 Å². The lowest BCUT2D eigenvalue weighted by Crippen LogP contribution is -2.45. The predicted molar refractivity (Wildman–Crippen MR) is 212 cm³/mol. The van der Waals surface area contributed by atoms with Gasteiger partial charge in [-0.05, 0) is 51.4 Å². The third-order valence-electron chi connectivity index (χ3n) is 8.94. The fraction of sp³-hybridized carbons (Fsp3) is 0.829. The van der Waals surface area contributed by atoms with Crippen LogP contribution in [-0.4, -0.2) is 47.8 Å². The fourth-order valence-electron chi connectivity index (χ4n) is 5.77. The largest absolute Gasteiger partial charge is 0.472 e. The number of nitrogens with one attached hydrogen (secondary N) is 1. The highest BCUT2D eigenvalue weighted by Crippen LogP contribution is 2.43. The van der Waals surface area contributed by atoms with Crippen LogP contribution in [0.2, 0.25) is 0 Å². The first-order chi connectivity index (χ1) is 24.4. The van der Waals surface area contributed by atoms with E-state index in [0.29, 0.717) is 6.42 Å². The van der Waals surface area contributed by atoms with E-state index in [2.05, 4.69) is 43.5 Å². The topological polar surface area (TPSA) is 131 Å². The number of carbonyl (C=O) groups is 1. The maximum Gasteiger partial charge on any atom is 0.472 e. The van der Waals surface area contributed by atoms with E-state index >= 15 is 0 Å². The molecule has 50 heavy (non-hydrogen) atoms. The summed E-state index contributed by atoms with van der Waals surface area (Å²) < 4.78 is 22.0. The highest BCUT2D eigenvalue weighted by molar-refractivity contribution is 7.47. The first-order valence-electron chi connectivity index (χ1n) is 20.6. The number of allylic oxidation sites excluding steroid dienone is 5. The van der Waals surface area contributed by atoms with Crippen molar-refractivity contribution in [1.82, 2.24) is 5.32 Å². The van der Waals surface area contributed by atoms with Gasteiger partial charge in [0, 0.05) is 13.0 Å². The number of amides is 1. The number of nitrogens with two attached hydrogens (primary N) is 1. The molecule has 0 bridgehead atoms. The SMILES string of the molecule is CCCC/C=C/CC/C=C/C(O)C(COP(=O)(O)OCCN)NC(=O)CCCCCCCCCCCCC/C=C\CCCCCCCCCC. The zero-order chi connectivity index (χ0) is 36.8. The maximum absolute atomic E-state index is 12.7. The Morgan fingerprint density at radius 3 is 1.60 bits per heavy atom. The van der Waals surface area contributed by atoms with Crippen LogP contribution in [-0.2, 0) is 18.4 Å². The Kier molecular flexibility index (Phi) is 36.5. The number of hydrogen-bond donors (Lipinski definition) is 4. The quantitative estimate of drug-likeness (QED) is 0.0283. The summed E-state index contributed by atoms with van der Waals surface area (Å²) in [5.74, 6) is -0.209. The molecule has 0 aromatic carbocycles. The van der Waals surface area contributed by atoms with Crippen LogP contribution < -0.4 is 11.1 Å². The minimum absolute atomic E-state index is 0.0735. The van der Waals surface area contributed by atoms with Gasteiger partial charge in [0.25, 0.3) is 0 Å². The summed E-state index contributed by atoms with van der Waals surface area (Å²) in [7, 11) is -4.33. The third kappa shape index (κ3) is 35.1. The van der Waals surface area contributed by atoms with Gasteiger partial charge in [-0.3, -0.25) is 13.8 Å². The molecule has 5 N–H and O–H groups in total. The summed E-state index contributed by atoms with van der Waals surface area (Å²) in [6, 6.07) is -0.873. The minimum atomic E-state index is -4.33. The molecule has 0 spiro atoms. The van der Waals surface area contributed by atoms with Gasteiger partial charge in [0.15, 0.2) is 0 Å². The van der Waals surface area contributed by atoms with E-state index in [1.54, 1.807) is 6.08 Å². The van der Waals surface area contributed by atoms with E-state index in [4.69, 9.17) is 14.8 Å². The number of phosphoric acid groups is 1. The summed E-state index contributed by atoms with van der Waals surface area (Å²) in [5.41, 5.74) is 5.34. The molecule has 0 saturated heterocycles. The molecule has 0 aliphatic heterocycles. The Balaban J connectivity index is 4.03. The van der Waals surface area contributed by atoms with Crippen LogP contribution in [0.1, 0.15) is 187 Å².